The Morgan fingerprint density at radius 2 is 1.22 bits per heavy atom. The molecule has 27 heavy (non-hydrogen) atoms. The molecular formula is C22H33NNiOPS+. The summed E-state index contributed by atoms with van der Waals surface area (Å²) in [5, 5.41) is 0.205. The second-order valence-electron chi connectivity index (χ2n) is 8.41. The molecule has 0 aromatic heterocycles. The van der Waals surface area contributed by atoms with E-state index in [9.17, 15) is 4.21 Å². The van der Waals surface area contributed by atoms with E-state index in [1.807, 2.05) is 48.5 Å². The minimum Gasteiger partial charge on any atom is -0.599 e. The van der Waals surface area contributed by atoms with E-state index in [1.54, 1.807) is 0 Å². The molecule has 0 heterocycles. The molecule has 5 heteroatoms. The summed E-state index contributed by atoms with van der Waals surface area (Å²) in [7, 11) is -2.39. The molecular weight excluding hydrogens is 416 g/mol. The summed E-state index contributed by atoms with van der Waals surface area (Å²) in [4.78, 5) is -0.0496. The first kappa shape index (κ1) is 26.3. The van der Waals surface area contributed by atoms with Crippen LogP contribution in [-0.2, 0) is 27.5 Å². The molecule has 0 spiro atoms. The van der Waals surface area contributed by atoms with Gasteiger partial charge in [-0.1, -0.05) is 60.7 Å². The van der Waals surface area contributed by atoms with Gasteiger partial charge in [-0.05, 0) is 52.5 Å². The van der Waals surface area contributed by atoms with Gasteiger partial charge in [-0.15, -0.1) is 5.69 Å². The fourth-order valence-electron chi connectivity index (χ4n) is 3.57. The minimum atomic E-state index is -1.31. The van der Waals surface area contributed by atoms with Crippen LogP contribution < -0.4 is 0 Å². The van der Waals surface area contributed by atoms with Gasteiger partial charge in [0.2, 0.25) is 0 Å². The number of hydrogen-bond donors (Lipinski definition) is 0. The summed E-state index contributed by atoms with van der Waals surface area (Å²) in [5.74, 6) is 0. The average molecular weight is 449 g/mol. The molecule has 0 fully saturated rings. The Morgan fingerprint density at radius 1 is 0.815 bits per heavy atom. The van der Waals surface area contributed by atoms with Gasteiger partial charge in [0.1, 0.15) is 0 Å². The Bertz CT molecular complexity index is 682. The van der Waals surface area contributed by atoms with Crippen LogP contribution in [0, 0.1) is 7.43 Å². The number of nitrogens with zero attached hydrogens (tertiary/aromatic N) is 1. The molecule has 0 aliphatic heterocycles. The standard InChI is InChI=1S/C21H29NOPS.CH3.Ni/c1-20(2,3)24(21(4,5)6)19(17-13-9-7-10-14-17)25(23)22-18-15-11-8-12-16-18;;/h7-16,19H,1-6H3;1H3;/q2*-1;+2/p+1. The normalized spacial score (nSPS) is 13.9. The average Bonchev–Trinajstić information content (AvgIpc) is 2.51. The maximum Gasteiger partial charge on any atom is 2.00 e. The van der Waals surface area contributed by atoms with Crippen LogP contribution in [0.3, 0.4) is 0 Å². The molecule has 2 aromatic rings. The van der Waals surface area contributed by atoms with Gasteiger partial charge < -0.3 is 12.1 Å². The van der Waals surface area contributed by atoms with E-state index in [4.69, 9.17) is 0 Å². The Morgan fingerprint density at radius 3 is 1.63 bits per heavy atom. The van der Waals surface area contributed by atoms with Gasteiger partial charge >= 0.3 is 16.5 Å². The zero-order valence-corrected chi connectivity index (χ0v) is 20.2. The molecule has 152 valence electrons. The first-order chi connectivity index (χ1) is 11.6. The molecule has 2 unspecified atom stereocenters. The van der Waals surface area contributed by atoms with E-state index >= 15 is 0 Å². The van der Waals surface area contributed by atoms with E-state index < -0.39 is 18.9 Å². The summed E-state index contributed by atoms with van der Waals surface area (Å²) in [6.45, 7) is 13.7. The van der Waals surface area contributed by atoms with Gasteiger partial charge in [-0.25, -0.2) is 0 Å². The third kappa shape index (κ3) is 7.33. The molecule has 2 nitrogen and oxygen atoms in total. The maximum atomic E-state index is 13.4. The van der Waals surface area contributed by atoms with Gasteiger partial charge in [-0.3, -0.25) is 4.21 Å². The van der Waals surface area contributed by atoms with Crippen LogP contribution in [0.4, 0.5) is 5.69 Å². The summed E-state index contributed by atoms with van der Waals surface area (Å²) in [5.41, 5.74) is 1.92. The van der Waals surface area contributed by atoms with Gasteiger partial charge in [-0.2, -0.15) is 0 Å². The minimum absolute atomic E-state index is 0. The number of rotatable bonds is 5. The van der Waals surface area contributed by atoms with Crippen molar-refractivity contribution in [1.29, 1.82) is 0 Å². The number of hydrogen-bond acceptors (Lipinski definition) is 1. The molecule has 2 aromatic carbocycles. The third-order valence-corrected chi connectivity index (χ3v) is 10.6. The van der Waals surface area contributed by atoms with Crippen LogP contribution in [0.2, 0.25) is 0 Å². The first-order valence-corrected chi connectivity index (χ1v) is 11.5. The summed E-state index contributed by atoms with van der Waals surface area (Å²) in [6.07, 6.45) is 0. The first-order valence-electron chi connectivity index (χ1n) is 8.71. The SMILES string of the molecule is CC(C)(C)[PH+](C(c1ccccc1)S(=O)[N-]c1ccccc1)C(C)(C)C.[CH3-].[Ni+2]. The van der Waals surface area contributed by atoms with Gasteiger partial charge in [0.05, 0.1) is 10.3 Å². The summed E-state index contributed by atoms with van der Waals surface area (Å²) < 4.78 is 18.0. The largest absolute Gasteiger partial charge is 2.00 e. The number of benzene rings is 2. The van der Waals surface area contributed by atoms with Crippen molar-refractivity contribution in [3.8, 4) is 0 Å². The quantitative estimate of drug-likeness (QED) is 0.268. The van der Waals surface area contributed by atoms with E-state index in [2.05, 4.69) is 58.4 Å². The zero-order chi connectivity index (χ0) is 18.7. The van der Waals surface area contributed by atoms with Crippen molar-refractivity contribution in [2.24, 2.45) is 0 Å². The second kappa shape index (κ2) is 10.7. The molecule has 2 rings (SSSR count). The Balaban J connectivity index is 0.00000338. The molecule has 0 aliphatic rings. The second-order valence-corrected chi connectivity index (χ2v) is 14.4. The maximum absolute atomic E-state index is 13.4. The fraction of sp³-hybridized carbons (Fsp3) is 0.409. The Labute approximate surface area is 180 Å². The summed E-state index contributed by atoms with van der Waals surface area (Å²) >= 11 is 0. The molecule has 0 radical (unpaired) electrons. The van der Waals surface area contributed by atoms with Crippen LogP contribution in [0.15, 0.2) is 60.7 Å². The van der Waals surface area contributed by atoms with Crippen molar-refractivity contribution in [3.05, 3.63) is 78.4 Å². The van der Waals surface area contributed by atoms with Crippen LogP contribution in [0.25, 0.3) is 4.72 Å². The molecule has 0 saturated carbocycles. The van der Waals surface area contributed by atoms with E-state index in [-0.39, 0.29) is 39.2 Å². The molecule has 0 N–H and O–H groups in total. The topological polar surface area (TPSA) is 31.2 Å². The Kier molecular flexibility index (Phi) is 10.5. The zero-order valence-electron chi connectivity index (χ0n) is 17.4. The molecule has 0 bridgehead atoms. The predicted molar refractivity (Wildman–Crippen MR) is 121 cm³/mol. The van der Waals surface area contributed by atoms with E-state index in [0.717, 1.165) is 11.3 Å². The fourth-order valence-corrected chi connectivity index (χ4v) is 11.8. The smallest absolute Gasteiger partial charge is 0.599 e. The Hall–Kier alpha value is -0.686. The molecule has 2 atom stereocenters. The third-order valence-electron chi connectivity index (χ3n) is 4.13. The summed E-state index contributed by atoms with van der Waals surface area (Å²) in [6, 6.07) is 20.0. The predicted octanol–water partition coefficient (Wildman–Crippen LogP) is 7.31. The van der Waals surface area contributed by atoms with Crippen molar-refractivity contribution < 1.29 is 20.7 Å². The van der Waals surface area contributed by atoms with Crippen LogP contribution in [0.1, 0.15) is 52.1 Å². The molecule has 0 amide bonds. The van der Waals surface area contributed by atoms with Crippen molar-refractivity contribution >= 4 is 24.6 Å². The van der Waals surface area contributed by atoms with Gasteiger partial charge in [0.15, 0.2) is 4.99 Å². The van der Waals surface area contributed by atoms with E-state index in [1.165, 1.54) is 0 Å². The van der Waals surface area contributed by atoms with Crippen molar-refractivity contribution in [2.75, 3.05) is 0 Å². The van der Waals surface area contributed by atoms with E-state index in [0.29, 0.717) is 0 Å². The van der Waals surface area contributed by atoms with Crippen molar-refractivity contribution in [3.63, 3.8) is 0 Å². The van der Waals surface area contributed by atoms with Crippen molar-refractivity contribution in [2.45, 2.75) is 56.8 Å². The van der Waals surface area contributed by atoms with Gasteiger partial charge in [0, 0.05) is 13.5 Å². The molecule has 0 aliphatic carbocycles. The van der Waals surface area contributed by atoms with Crippen LogP contribution >= 0.6 is 7.92 Å². The van der Waals surface area contributed by atoms with Crippen LogP contribution in [-0.4, -0.2) is 14.5 Å². The van der Waals surface area contributed by atoms with Gasteiger partial charge in [0.25, 0.3) is 0 Å². The monoisotopic (exact) mass is 448 g/mol. The molecule has 0 saturated heterocycles. The van der Waals surface area contributed by atoms with Crippen molar-refractivity contribution in [1.82, 2.24) is 0 Å². The van der Waals surface area contributed by atoms with Crippen LogP contribution in [0.5, 0.6) is 0 Å².